The molecule has 0 aliphatic carbocycles. The zero-order valence-corrected chi connectivity index (χ0v) is 9.05. The number of hydrogen-bond acceptors (Lipinski definition) is 3. The van der Waals surface area contributed by atoms with Crippen molar-refractivity contribution in [1.29, 1.82) is 0 Å². The predicted molar refractivity (Wildman–Crippen MR) is 51.5 cm³/mol. The summed E-state index contributed by atoms with van der Waals surface area (Å²) in [5.41, 5.74) is -0.505. The van der Waals surface area contributed by atoms with Crippen molar-refractivity contribution in [3.8, 4) is 11.5 Å². The first-order valence-corrected chi connectivity index (χ1v) is 4.55. The van der Waals surface area contributed by atoms with Gasteiger partial charge < -0.3 is 14.6 Å². The highest BCUT2D eigenvalue weighted by molar-refractivity contribution is 5.91. The van der Waals surface area contributed by atoms with Gasteiger partial charge in [0.25, 0.3) is 0 Å². The summed E-state index contributed by atoms with van der Waals surface area (Å²) in [4.78, 5) is 10.7. The summed E-state index contributed by atoms with van der Waals surface area (Å²) < 4.78 is 57.8. The van der Waals surface area contributed by atoms with Gasteiger partial charge in [-0.05, 0) is 6.07 Å². The Morgan fingerprint density at radius 1 is 1.33 bits per heavy atom. The zero-order chi connectivity index (χ0) is 13.9. The predicted octanol–water partition coefficient (Wildman–Crippen LogP) is 2.47. The second-order valence-electron chi connectivity index (χ2n) is 3.19. The molecule has 0 spiro atoms. The fourth-order valence-corrected chi connectivity index (χ4v) is 1.14. The van der Waals surface area contributed by atoms with E-state index in [2.05, 4.69) is 9.47 Å². The Balaban J connectivity index is 3.04. The Morgan fingerprint density at radius 3 is 2.39 bits per heavy atom. The molecule has 0 fully saturated rings. The minimum absolute atomic E-state index is 0.291. The number of hydrogen-bond donors (Lipinski definition) is 1. The van der Waals surface area contributed by atoms with Gasteiger partial charge in [0, 0.05) is 6.07 Å². The minimum Gasteiger partial charge on any atom is -0.496 e. The van der Waals surface area contributed by atoms with Gasteiger partial charge >= 0.3 is 12.1 Å². The largest absolute Gasteiger partial charge is 0.496 e. The van der Waals surface area contributed by atoms with Crippen LogP contribution in [-0.2, 0) is 0 Å². The Morgan fingerprint density at radius 2 is 1.94 bits per heavy atom. The van der Waals surface area contributed by atoms with Crippen LogP contribution in [0.15, 0.2) is 12.1 Å². The van der Waals surface area contributed by atoms with Crippen molar-refractivity contribution in [2.45, 2.75) is 6.18 Å². The van der Waals surface area contributed by atoms with Crippen molar-refractivity contribution in [1.82, 2.24) is 0 Å². The molecule has 1 rings (SSSR count). The van der Waals surface area contributed by atoms with Crippen LogP contribution in [0.3, 0.4) is 0 Å². The van der Waals surface area contributed by atoms with E-state index >= 15 is 0 Å². The molecular weight excluding hydrogens is 260 g/mol. The van der Waals surface area contributed by atoms with Gasteiger partial charge in [0.2, 0.25) is 0 Å². The molecule has 0 atom stereocenters. The van der Waals surface area contributed by atoms with Crippen molar-refractivity contribution < 1.29 is 36.9 Å². The lowest BCUT2D eigenvalue weighted by molar-refractivity contribution is -0.153. The van der Waals surface area contributed by atoms with E-state index < -0.39 is 35.9 Å². The summed E-state index contributed by atoms with van der Waals surface area (Å²) in [6.45, 7) is -1.68. The average molecular weight is 268 g/mol. The number of carboxylic acid groups (broad SMARTS) is 1. The maximum absolute atomic E-state index is 13.3. The summed E-state index contributed by atoms with van der Waals surface area (Å²) in [5.74, 6) is -3.69. The molecule has 4 nitrogen and oxygen atoms in total. The zero-order valence-electron chi connectivity index (χ0n) is 9.05. The van der Waals surface area contributed by atoms with Crippen molar-refractivity contribution in [3.63, 3.8) is 0 Å². The van der Waals surface area contributed by atoms with Crippen LogP contribution in [-0.4, -0.2) is 31.0 Å². The molecule has 100 valence electrons. The van der Waals surface area contributed by atoms with Crippen molar-refractivity contribution in [2.75, 3.05) is 13.7 Å². The van der Waals surface area contributed by atoms with E-state index in [1.54, 1.807) is 0 Å². The number of alkyl halides is 3. The minimum atomic E-state index is -4.62. The summed E-state index contributed by atoms with van der Waals surface area (Å²) in [6, 6.07) is 1.29. The highest BCUT2D eigenvalue weighted by Crippen LogP contribution is 2.29. The number of benzene rings is 1. The Kier molecular flexibility index (Phi) is 4.00. The van der Waals surface area contributed by atoms with Gasteiger partial charge in [0.15, 0.2) is 18.2 Å². The number of methoxy groups -OCH3 is 1. The summed E-state index contributed by atoms with van der Waals surface area (Å²) in [5, 5.41) is 8.70. The SMILES string of the molecule is COc1cc(OCC(F)(F)F)c(F)cc1C(=O)O. The second-order valence-corrected chi connectivity index (χ2v) is 3.19. The van der Waals surface area contributed by atoms with E-state index in [1.807, 2.05) is 0 Å². The third-order valence-corrected chi connectivity index (χ3v) is 1.88. The number of aromatic carboxylic acids is 1. The fourth-order valence-electron chi connectivity index (χ4n) is 1.14. The first-order chi connectivity index (χ1) is 8.24. The molecule has 1 N–H and O–H groups in total. The molecule has 0 radical (unpaired) electrons. The molecule has 0 aliphatic rings. The van der Waals surface area contributed by atoms with Gasteiger partial charge in [-0.3, -0.25) is 0 Å². The Labute approximate surface area is 98.7 Å². The normalized spacial score (nSPS) is 11.2. The van der Waals surface area contributed by atoms with Gasteiger partial charge in [0.1, 0.15) is 11.3 Å². The second kappa shape index (κ2) is 5.11. The number of carboxylic acids is 1. The molecule has 0 bridgehead atoms. The lowest BCUT2D eigenvalue weighted by Gasteiger charge is -2.12. The smallest absolute Gasteiger partial charge is 0.422 e. The quantitative estimate of drug-likeness (QED) is 0.852. The standard InChI is InChI=1S/C10H8F4O4/c1-17-7-3-8(18-4-10(12,13)14)6(11)2-5(7)9(15)16/h2-3H,4H2,1H3,(H,15,16). The van der Waals surface area contributed by atoms with Crippen LogP contribution >= 0.6 is 0 Å². The van der Waals surface area contributed by atoms with E-state index in [0.29, 0.717) is 6.07 Å². The summed E-state index contributed by atoms with van der Waals surface area (Å²) in [6.07, 6.45) is -4.62. The molecule has 0 saturated heterocycles. The molecule has 0 heterocycles. The van der Waals surface area contributed by atoms with E-state index in [1.165, 1.54) is 0 Å². The molecule has 0 saturated carbocycles. The van der Waals surface area contributed by atoms with Crippen LogP contribution < -0.4 is 9.47 Å². The lowest BCUT2D eigenvalue weighted by atomic mass is 10.2. The average Bonchev–Trinajstić information content (AvgIpc) is 2.25. The number of rotatable bonds is 4. The number of halogens is 4. The molecule has 1 aromatic rings. The van der Waals surface area contributed by atoms with Gasteiger partial charge in [-0.1, -0.05) is 0 Å². The lowest BCUT2D eigenvalue weighted by Crippen LogP contribution is -2.19. The first kappa shape index (κ1) is 14.1. The summed E-state index contributed by atoms with van der Waals surface area (Å²) >= 11 is 0. The maximum atomic E-state index is 13.3. The van der Waals surface area contributed by atoms with E-state index in [4.69, 9.17) is 5.11 Å². The number of carbonyl (C=O) groups is 1. The molecule has 0 amide bonds. The van der Waals surface area contributed by atoms with Crippen LogP contribution in [0.1, 0.15) is 10.4 Å². The van der Waals surface area contributed by atoms with Crippen LogP contribution in [0, 0.1) is 5.82 Å². The van der Waals surface area contributed by atoms with E-state index in [0.717, 1.165) is 13.2 Å². The van der Waals surface area contributed by atoms with Crippen molar-refractivity contribution in [3.05, 3.63) is 23.5 Å². The van der Waals surface area contributed by atoms with Crippen LogP contribution in [0.25, 0.3) is 0 Å². The maximum Gasteiger partial charge on any atom is 0.422 e. The Bertz CT molecular complexity index is 456. The first-order valence-electron chi connectivity index (χ1n) is 4.55. The fraction of sp³-hybridized carbons (Fsp3) is 0.300. The molecule has 8 heteroatoms. The van der Waals surface area contributed by atoms with Crippen LogP contribution in [0.5, 0.6) is 11.5 Å². The van der Waals surface area contributed by atoms with Crippen molar-refractivity contribution >= 4 is 5.97 Å². The molecule has 18 heavy (non-hydrogen) atoms. The van der Waals surface area contributed by atoms with Gasteiger partial charge in [0.05, 0.1) is 7.11 Å². The molecule has 0 unspecified atom stereocenters. The highest BCUT2D eigenvalue weighted by Gasteiger charge is 2.29. The third-order valence-electron chi connectivity index (χ3n) is 1.88. The summed E-state index contributed by atoms with van der Waals surface area (Å²) in [7, 11) is 1.10. The monoisotopic (exact) mass is 268 g/mol. The van der Waals surface area contributed by atoms with Gasteiger partial charge in [-0.15, -0.1) is 0 Å². The molecular formula is C10H8F4O4. The van der Waals surface area contributed by atoms with E-state index in [-0.39, 0.29) is 5.75 Å². The van der Waals surface area contributed by atoms with Gasteiger partial charge in [-0.25, -0.2) is 9.18 Å². The molecule has 0 aromatic heterocycles. The molecule has 0 aliphatic heterocycles. The highest BCUT2D eigenvalue weighted by atomic mass is 19.4. The van der Waals surface area contributed by atoms with E-state index in [9.17, 15) is 22.4 Å². The van der Waals surface area contributed by atoms with Crippen LogP contribution in [0.4, 0.5) is 17.6 Å². The van der Waals surface area contributed by atoms with Gasteiger partial charge in [-0.2, -0.15) is 13.2 Å². The number of ether oxygens (including phenoxy) is 2. The third kappa shape index (κ3) is 3.51. The topological polar surface area (TPSA) is 55.8 Å². The Hall–Kier alpha value is -1.99. The molecule has 1 aromatic carbocycles. The van der Waals surface area contributed by atoms with Crippen LogP contribution in [0.2, 0.25) is 0 Å². The van der Waals surface area contributed by atoms with Crippen molar-refractivity contribution in [2.24, 2.45) is 0 Å².